The fraction of sp³-hybridized carbons (Fsp3) is 0.167. The normalized spacial score (nSPS) is 11.7. The smallest absolute Gasteiger partial charge is 0.382 e. The van der Waals surface area contributed by atoms with Gasteiger partial charge in [0.1, 0.15) is 11.0 Å². The molecule has 0 aliphatic heterocycles. The zero-order valence-corrected chi connectivity index (χ0v) is 20.0. The van der Waals surface area contributed by atoms with Crippen LogP contribution in [0.4, 0.5) is 29.2 Å². The Labute approximate surface area is 209 Å². The number of benzene rings is 1. The molecule has 2 N–H and O–H groups in total. The van der Waals surface area contributed by atoms with E-state index < -0.39 is 35.0 Å². The molecule has 36 heavy (non-hydrogen) atoms. The molecule has 2 heterocycles. The quantitative estimate of drug-likeness (QED) is 0.231. The zero-order valence-electron chi connectivity index (χ0n) is 19.2. The molecule has 0 fully saturated rings. The van der Waals surface area contributed by atoms with Crippen LogP contribution in [0.2, 0.25) is 5.15 Å². The predicted octanol–water partition coefficient (Wildman–Crippen LogP) is 5.53. The van der Waals surface area contributed by atoms with Crippen LogP contribution < -0.4 is 10.6 Å². The van der Waals surface area contributed by atoms with Gasteiger partial charge in [-0.05, 0) is 29.3 Å². The summed E-state index contributed by atoms with van der Waals surface area (Å²) >= 11 is 5.47. The number of pyridine rings is 1. The third-order valence-corrected chi connectivity index (χ3v) is 4.99. The summed E-state index contributed by atoms with van der Waals surface area (Å²) in [6.07, 6.45) is 2.28. The lowest BCUT2D eigenvalue weighted by Gasteiger charge is -2.12. The van der Waals surface area contributed by atoms with Crippen LogP contribution in [0.25, 0.3) is 11.1 Å². The van der Waals surface area contributed by atoms with E-state index in [1.54, 1.807) is 18.3 Å². The number of nitrogens with one attached hydrogen (secondary N) is 2. The first-order valence-electron chi connectivity index (χ1n) is 10.4. The molecule has 7 nitrogen and oxygen atoms in total. The van der Waals surface area contributed by atoms with Crippen LogP contribution >= 0.6 is 11.6 Å². The fourth-order valence-corrected chi connectivity index (χ4v) is 3.26. The molecular weight excluding hydrogens is 500 g/mol. The number of halogens is 5. The highest BCUT2D eigenvalue weighted by Crippen LogP contribution is 2.35. The number of allylic oxidation sites excluding steroid dienone is 1. The van der Waals surface area contributed by atoms with Crippen molar-refractivity contribution >= 4 is 29.1 Å². The standard InChI is InChI=1S/C24H21ClF4N6O/c1-4-17(13-35(2)3)34-23-31-10-16(11-32-23)14-5-6-15(20(26)7-14)8-21(36)33-18-9-19(24(27,28)29)22(25)30-12-18/h4-7,9-13H,1,8H2,2-3H3,(H,33,36)(H,31,32,34)/b17-13+. The predicted molar refractivity (Wildman–Crippen MR) is 130 cm³/mol. The topological polar surface area (TPSA) is 83.0 Å². The van der Waals surface area contributed by atoms with Gasteiger partial charge in [0.25, 0.3) is 0 Å². The molecule has 1 aromatic carbocycles. The summed E-state index contributed by atoms with van der Waals surface area (Å²) in [5, 5.41) is 4.54. The lowest BCUT2D eigenvalue weighted by molar-refractivity contribution is -0.137. The van der Waals surface area contributed by atoms with E-state index in [2.05, 4.69) is 32.2 Å². The van der Waals surface area contributed by atoms with Crippen LogP contribution in [0.3, 0.4) is 0 Å². The van der Waals surface area contributed by atoms with Crippen molar-refractivity contribution in [3.05, 3.63) is 89.5 Å². The van der Waals surface area contributed by atoms with Crippen LogP contribution in [0.1, 0.15) is 11.1 Å². The van der Waals surface area contributed by atoms with E-state index in [0.29, 0.717) is 28.8 Å². The number of rotatable bonds is 8. The third-order valence-electron chi connectivity index (χ3n) is 4.69. The van der Waals surface area contributed by atoms with E-state index in [1.165, 1.54) is 24.5 Å². The van der Waals surface area contributed by atoms with Crippen molar-refractivity contribution in [3.8, 4) is 11.1 Å². The minimum atomic E-state index is -4.73. The van der Waals surface area contributed by atoms with E-state index in [4.69, 9.17) is 11.6 Å². The molecule has 0 unspecified atom stereocenters. The van der Waals surface area contributed by atoms with Crippen LogP contribution in [-0.2, 0) is 17.4 Å². The second-order valence-corrected chi connectivity index (χ2v) is 8.12. The molecule has 0 bridgehead atoms. The highest BCUT2D eigenvalue weighted by Gasteiger charge is 2.34. The van der Waals surface area contributed by atoms with Gasteiger partial charge in [-0.3, -0.25) is 4.79 Å². The van der Waals surface area contributed by atoms with Crippen molar-refractivity contribution < 1.29 is 22.4 Å². The number of hydrogen-bond donors (Lipinski definition) is 2. The lowest BCUT2D eigenvalue weighted by Crippen LogP contribution is -2.16. The molecule has 3 aromatic rings. The monoisotopic (exact) mass is 520 g/mol. The first-order chi connectivity index (χ1) is 17.0. The Balaban J connectivity index is 1.69. The number of alkyl halides is 3. The highest BCUT2D eigenvalue weighted by atomic mass is 35.5. The summed E-state index contributed by atoms with van der Waals surface area (Å²) in [6.45, 7) is 3.72. The number of aromatic nitrogens is 3. The summed E-state index contributed by atoms with van der Waals surface area (Å²) in [5.74, 6) is -1.06. The lowest BCUT2D eigenvalue weighted by atomic mass is 10.0. The fourth-order valence-electron chi connectivity index (χ4n) is 3.05. The number of anilines is 2. The molecule has 3 rings (SSSR count). The van der Waals surface area contributed by atoms with Gasteiger partial charge in [-0.2, -0.15) is 13.2 Å². The summed E-state index contributed by atoms with van der Waals surface area (Å²) < 4.78 is 53.6. The van der Waals surface area contributed by atoms with Crippen molar-refractivity contribution in [2.24, 2.45) is 0 Å². The Morgan fingerprint density at radius 1 is 1.08 bits per heavy atom. The maximum Gasteiger partial charge on any atom is 0.419 e. The van der Waals surface area contributed by atoms with Crippen molar-refractivity contribution in [1.29, 1.82) is 0 Å². The molecule has 0 saturated carbocycles. The Morgan fingerprint density at radius 2 is 1.78 bits per heavy atom. The Hall–Kier alpha value is -3.99. The van der Waals surface area contributed by atoms with Gasteiger partial charge in [0, 0.05) is 38.3 Å². The SMILES string of the molecule is C=C/C(=C\N(C)C)Nc1ncc(-c2ccc(CC(=O)Nc3cnc(Cl)c(C(F)(F)F)c3)c(F)c2)cn1. The van der Waals surface area contributed by atoms with E-state index in [1.807, 2.05) is 19.0 Å². The summed E-state index contributed by atoms with van der Waals surface area (Å²) in [7, 11) is 3.71. The van der Waals surface area contributed by atoms with Crippen LogP contribution in [0.5, 0.6) is 0 Å². The Morgan fingerprint density at radius 3 is 2.36 bits per heavy atom. The van der Waals surface area contributed by atoms with Gasteiger partial charge in [0.15, 0.2) is 0 Å². The van der Waals surface area contributed by atoms with Crippen LogP contribution in [-0.4, -0.2) is 39.9 Å². The number of carbonyl (C=O) groups is 1. The van der Waals surface area contributed by atoms with Crippen LogP contribution in [0.15, 0.2) is 67.4 Å². The zero-order chi connectivity index (χ0) is 26.5. The van der Waals surface area contributed by atoms with Gasteiger partial charge < -0.3 is 15.5 Å². The third kappa shape index (κ3) is 7.01. The minimum absolute atomic E-state index is 0.0536. The van der Waals surface area contributed by atoms with E-state index in [0.717, 1.165) is 6.20 Å². The molecule has 2 aromatic heterocycles. The molecule has 1 amide bonds. The van der Waals surface area contributed by atoms with E-state index in [-0.39, 0.29) is 11.3 Å². The number of amides is 1. The number of hydrogen-bond acceptors (Lipinski definition) is 6. The van der Waals surface area contributed by atoms with Crippen molar-refractivity contribution in [3.63, 3.8) is 0 Å². The molecule has 0 atom stereocenters. The van der Waals surface area contributed by atoms with Gasteiger partial charge in [-0.1, -0.05) is 30.3 Å². The van der Waals surface area contributed by atoms with Gasteiger partial charge in [-0.25, -0.2) is 19.3 Å². The van der Waals surface area contributed by atoms with Crippen LogP contribution in [0, 0.1) is 5.82 Å². The highest BCUT2D eigenvalue weighted by molar-refractivity contribution is 6.30. The molecule has 0 aliphatic carbocycles. The van der Waals surface area contributed by atoms with E-state index >= 15 is 0 Å². The number of carbonyl (C=O) groups excluding carboxylic acids is 1. The van der Waals surface area contributed by atoms with Gasteiger partial charge >= 0.3 is 6.18 Å². The molecule has 12 heteroatoms. The molecule has 0 aliphatic rings. The van der Waals surface area contributed by atoms with Gasteiger partial charge in [0.05, 0.1) is 29.6 Å². The van der Waals surface area contributed by atoms with E-state index in [9.17, 15) is 22.4 Å². The van der Waals surface area contributed by atoms with Crippen molar-refractivity contribution in [2.45, 2.75) is 12.6 Å². The van der Waals surface area contributed by atoms with Crippen molar-refractivity contribution in [2.75, 3.05) is 24.7 Å². The molecule has 0 spiro atoms. The second kappa shape index (κ2) is 11.2. The molecule has 0 saturated heterocycles. The molecule has 188 valence electrons. The average molecular weight is 521 g/mol. The summed E-state index contributed by atoms with van der Waals surface area (Å²) in [4.78, 5) is 26.0. The largest absolute Gasteiger partial charge is 0.419 e. The second-order valence-electron chi connectivity index (χ2n) is 7.76. The first kappa shape index (κ1) is 26.6. The Kier molecular flexibility index (Phi) is 8.25. The number of nitrogens with zero attached hydrogens (tertiary/aromatic N) is 4. The molecule has 0 radical (unpaired) electrons. The Bertz CT molecular complexity index is 1290. The minimum Gasteiger partial charge on any atom is -0.382 e. The average Bonchev–Trinajstić information content (AvgIpc) is 2.80. The van der Waals surface area contributed by atoms with Gasteiger partial charge in [0.2, 0.25) is 11.9 Å². The maximum atomic E-state index is 14.7. The maximum absolute atomic E-state index is 14.7. The first-order valence-corrected chi connectivity index (χ1v) is 10.7. The van der Waals surface area contributed by atoms with Crippen molar-refractivity contribution in [1.82, 2.24) is 19.9 Å². The molecular formula is C24H21ClF4N6O. The van der Waals surface area contributed by atoms with Gasteiger partial charge in [-0.15, -0.1) is 0 Å². The summed E-state index contributed by atoms with van der Waals surface area (Å²) in [5.41, 5.74) is 0.366. The summed E-state index contributed by atoms with van der Waals surface area (Å²) in [6, 6.07) is 4.89.